The summed E-state index contributed by atoms with van der Waals surface area (Å²) in [5.41, 5.74) is 0.726. The summed E-state index contributed by atoms with van der Waals surface area (Å²) < 4.78 is 0. The first kappa shape index (κ1) is 12.2. The van der Waals surface area contributed by atoms with Gasteiger partial charge in [-0.1, -0.05) is 12.1 Å². The Kier molecular flexibility index (Phi) is 3.10. The van der Waals surface area contributed by atoms with Gasteiger partial charge in [-0.3, -0.25) is 4.90 Å². The highest BCUT2D eigenvalue weighted by atomic mass is 16.4. The first-order valence-electron chi connectivity index (χ1n) is 5.52. The normalized spacial score (nSPS) is 23.0. The molecular weight excluding hydrogens is 238 g/mol. The fourth-order valence-electron chi connectivity index (χ4n) is 2.38. The van der Waals surface area contributed by atoms with Crippen LogP contribution >= 0.6 is 0 Å². The lowest BCUT2D eigenvalue weighted by atomic mass is 9.92. The summed E-state index contributed by atoms with van der Waals surface area (Å²) in [7, 11) is 0. The largest absolute Gasteiger partial charge is 0.508 e. The van der Waals surface area contributed by atoms with Gasteiger partial charge in [0.05, 0.1) is 0 Å². The Balaban J connectivity index is 2.30. The fourth-order valence-corrected chi connectivity index (χ4v) is 2.38. The summed E-state index contributed by atoms with van der Waals surface area (Å²) in [5, 5.41) is 27.3. The molecule has 6 heteroatoms. The Bertz CT molecular complexity index is 470. The van der Waals surface area contributed by atoms with Gasteiger partial charge in [0.15, 0.2) is 0 Å². The molecule has 18 heavy (non-hydrogen) atoms. The van der Waals surface area contributed by atoms with Crippen LogP contribution in [0.4, 0.5) is 4.79 Å². The van der Waals surface area contributed by atoms with Crippen LogP contribution in [0.15, 0.2) is 24.3 Å². The lowest BCUT2D eigenvalue weighted by molar-refractivity contribution is -0.142. The highest BCUT2D eigenvalue weighted by molar-refractivity contribution is 5.81. The topological polar surface area (TPSA) is 98.1 Å². The minimum atomic E-state index is -1.22. The summed E-state index contributed by atoms with van der Waals surface area (Å²) in [6.45, 7) is 0.206. The van der Waals surface area contributed by atoms with E-state index in [4.69, 9.17) is 10.2 Å². The number of aromatic hydroxyl groups is 1. The van der Waals surface area contributed by atoms with Crippen LogP contribution in [0.25, 0.3) is 0 Å². The third-order valence-electron chi connectivity index (χ3n) is 3.22. The number of phenols is 1. The van der Waals surface area contributed by atoms with Crippen molar-refractivity contribution in [2.24, 2.45) is 0 Å². The van der Waals surface area contributed by atoms with Crippen LogP contribution in [-0.2, 0) is 4.79 Å². The number of hydrogen-bond donors (Lipinski definition) is 3. The smallest absolute Gasteiger partial charge is 0.408 e. The SMILES string of the molecule is O=C(O)C1C(c2ccc(O)cc2)CCN1C(=O)O. The van der Waals surface area contributed by atoms with Crippen molar-refractivity contribution in [3.8, 4) is 5.75 Å². The summed E-state index contributed by atoms with van der Waals surface area (Å²) in [6.07, 6.45) is -0.753. The van der Waals surface area contributed by atoms with Gasteiger partial charge in [-0.15, -0.1) is 0 Å². The van der Waals surface area contributed by atoms with E-state index in [2.05, 4.69) is 0 Å². The third-order valence-corrected chi connectivity index (χ3v) is 3.22. The van der Waals surface area contributed by atoms with Gasteiger partial charge in [-0.05, 0) is 24.1 Å². The summed E-state index contributed by atoms with van der Waals surface area (Å²) >= 11 is 0. The van der Waals surface area contributed by atoms with Crippen molar-refractivity contribution in [2.75, 3.05) is 6.54 Å². The molecule has 0 radical (unpaired) electrons. The van der Waals surface area contributed by atoms with Crippen LogP contribution in [0, 0.1) is 0 Å². The van der Waals surface area contributed by atoms with Gasteiger partial charge in [0.1, 0.15) is 11.8 Å². The molecule has 1 aliphatic heterocycles. The molecule has 0 saturated carbocycles. The van der Waals surface area contributed by atoms with E-state index < -0.39 is 18.1 Å². The average molecular weight is 251 g/mol. The van der Waals surface area contributed by atoms with E-state index in [1.54, 1.807) is 12.1 Å². The predicted molar refractivity (Wildman–Crippen MR) is 61.6 cm³/mol. The number of carbonyl (C=O) groups is 2. The highest BCUT2D eigenvalue weighted by Gasteiger charge is 2.42. The lowest BCUT2D eigenvalue weighted by Gasteiger charge is -2.22. The second-order valence-electron chi connectivity index (χ2n) is 4.25. The van der Waals surface area contributed by atoms with Crippen molar-refractivity contribution >= 4 is 12.1 Å². The maximum atomic E-state index is 11.2. The van der Waals surface area contributed by atoms with Gasteiger partial charge < -0.3 is 15.3 Å². The van der Waals surface area contributed by atoms with Crippen molar-refractivity contribution < 1.29 is 24.9 Å². The molecule has 3 N–H and O–H groups in total. The fraction of sp³-hybridized carbons (Fsp3) is 0.333. The van der Waals surface area contributed by atoms with E-state index in [0.29, 0.717) is 6.42 Å². The Morgan fingerprint density at radius 3 is 2.28 bits per heavy atom. The van der Waals surface area contributed by atoms with Crippen molar-refractivity contribution in [1.29, 1.82) is 0 Å². The molecule has 2 atom stereocenters. The molecule has 1 aromatic carbocycles. The number of phenolic OH excluding ortho intramolecular Hbond substituents is 1. The van der Waals surface area contributed by atoms with Crippen LogP contribution in [-0.4, -0.2) is 44.9 Å². The first-order chi connectivity index (χ1) is 8.50. The molecular formula is C12H13NO5. The van der Waals surface area contributed by atoms with Crippen molar-refractivity contribution in [3.63, 3.8) is 0 Å². The molecule has 0 aromatic heterocycles. The van der Waals surface area contributed by atoms with Gasteiger partial charge in [0.25, 0.3) is 0 Å². The highest BCUT2D eigenvalue weighted by Crippen LogP contribution is 2.34. The molecule has 2 rings (SSSR count). The Morgan fingerprint density at radius 1 is 1.17 bits per heavy atom. The van der Waals surface area contributed by atoms with Gasteiger partial charge in [0.2, 0.25) is 0 Å². The van der Waals surface area contributed by atoms with Crippen molar-refractivity contribution in [2.45, 2.75) is 18.4 Å². The number of rotatable bonds is 2. The molecule has 1 amide bonds. The number of benzene rings is 1. The van der Waals surface area contributed by atoms with Gasteiger partial charge in [0, 0.05) is 12.5 Å². The quantitative estimate of drug-likeness (QED) is 0.736. The summed E-state index contributed by atoms with van der Waals surface area (Å²) in [6, 6.07) is 5.13. The molecule has 0 spiro atoms. The molecule has 2 unspecified atom stereocenters. The molecule has 1 heterocycles. The predicted octanol–water partition coefficient (Wildman–Crippen LogP) is 1.31. The third kappa shape index (κ3) is 2.09. The zero-order chi connectivity index (χ0) is 13.3. The van der Waals surface area contributed by atoms with Crippen LogP contribution < -0.4 is 0 Å². The second kappa shape index (κ2) is 4.56. The second-order valence-corrected chi connectivity index (χ2v) is 4.25. The Labute approximate surface area is 103 Å². The standard InChI is InChI=1S/C12H13NO5/c14-8-3-1-7(2-4-8)9-5-6-13(12(17)18)10(9)11(15)16/h1-4,9-10,14H,5-6H2,(H,15,16)(H,17,18). The molecule has 1 saturated heterocycles. The van der Waals surface area contributed by atoms with Gasteiger partial charge >= 0.3 is 12.1 Å². The molecule has 96 valence electrons. The number of carboxylic acids is 1. The number of likely N-dealkylation sites (tertiary alicyclic amines) is 1. The average Bonchev–Trinajstić information content (AvgIpc) is 2.74. The number of carboxylic acid groups (broad SMARTS) is 2. The van der Waals surface area contributed by atoms with Crippen LogP contribution in [0.2, 0.25) is 0 Å². The van der Waals surface area contributed by atoms with Crippen LogP contribution in [0.1, 0.15) is 17.9 Å². The maximum absolute atomic E-state index is 11.2. The summed E-state index contributed by atoms with van der Waals surface area (Å²) in [4.78, 5) is 23.1. The van der Waals surface area contributed by atoms with E-state index in [-0.39, 0.29) is 18.2 Å². The molecule has 6 nitrogen and oxygen atoms in total. The molecule has 1 aromatic rings. The monoisotopic (exact) mass is 251 g/mol. The minimum absolute atomic E-state index is 0.0960. The van der Waals surface area contributed by atoms with E-state index in [9.17, 15) is 14.7 Å². The summed E-state index contributed by atoms with van der Waals surface area (Å²) in [5.74, 6) is -1.43. The van der Waals surface area contributed by atoms with E-state index in [1.807, 2.05) is 0 Å². The van der Waals surface area contributed by atoms with Gasteiger partial charge in [-0.2, -0.15) is 0 Å². The van der Waals surface area contributed by atoms with E-state index >= 15 is 0 Å². The Morgan fingerprint density at radius 2 is 1.78 bits per heavy atom. The molecule has 1 fully saturated rings. The van der Waals surface area contributed by atoms with E-state index in [1.165, 1.54) is 12.1 Å². The molecule has 0 aliphatic carbocycles. The first-order valence-corrected chi connectivity index (χ1v) is 5.52. The zero-order valence-corrected chi connectivity index (χ0v) is 9.48. The number of nitrogens with zero attached hydrogens (tertiary/aromatic N) is 1. The van der Waals surface area contributed by atoms with Gasteiger partial charge in [-0.25, -0.2) is 9.59 Å². The molecule has 0 bridgehead atoms. The van der Waals surface area contributed by atoms with E-state index in [0.717, 1.165) is 10.5 Å². The van der Waals surface area contributed by atoms with Crippen molar-refractivity contribution in [1.82, 2.24) is 4.90 Å². The maximum Gasteiger partial charge on any atom is 0.408 e. The van der Waals surface area contributed by atoms with Crippen LogP contribution in [0.3, 0.4) is 0 Å². The number of hydrogen-bond acceptors (Lipinski definition) is 3. The zero-order valence-electron chi connectivity index (χ0n) is 9.48. The van der Waals surface area contributed by atoms with Crippen LogP contribution in [0.5, 0.6) is 5.75 Å². The lowest BCUT2D eigenvalue weighted by Crippen LogP contribution is -2.41. The minimum Gasteiger partial charge on any atom is -0.508 e. The Hall–Kier alpha value is -2.24. The van der Waals surface area contributed by atoms with Crippen molar-refractivity contribution in [3.05, 3.63) is 29.8 Å². The number of amides is 1. The number of aliphatic carboxylic acids is 1. The molecule has 1 aliphatic rings.